The Morgan fingerprint density at radius 3 is 1.82 bits per heavy atom. The van der Waals surface area contributed by atoms with Crippen molar-refractivity contribution in [3.8, 4) is 55.8 Å². The first kappa shape index (κ1) is 20.6. The lowest BCUT2D eigenvalue weighted by molar-refractivity contribution is 1.36. The van der Waals surface area contributed by atoms with Crippen LogP contribution in [0.1, 0.15) is 0 Å². The lowest BCUT2D eigenvalue weighted by Crippen LogP contribution is -1.89. The molecule has 182 valence electrons. The molecular weight excluding hydrogens is 484 g/mol. The Morgan fingerprint density at radius 1 is 0.400 bits per heavy atom. The maximum Gasteiger partial charge on any atom is 0.0722 e. The predicted molar refractivity (Wildman–Crippen MR) is 166 cm³/mol. The highest BCUT2D eigenvalue weighted by Crippen LogP contribution is 2.52. The van der Waals surface area contributed by atoms with Crippen molar-refractivity contribution in [2.75, 3.05) is 0 Å². The molecule has 0 unspecified atom stereocenters. The Morgan fingerprint density at radius 2 is 1.02 bits per heavy atom. The summed E-state index contributed by atoms with van der Waals surface area (Å²) >= 11 is 0. The van der Waals surface area contributed by atoms with Gasteiger partial charge in [-0.1, -0.05) is 54.6 Å². The van der Waals surface area contributed by atoms with Crippen LogP contribution in [0.2, 0.25) is 0 Å². The maximum atomic E-state index is 5.26. The molecule has 2 aromatic heterocycles. The highest BCUT2D eigenvalue weighted by atomic mass is 14.7. The van der Waals surface area contributed by atoms with Gasteiger partial charge in [-0.2, -0.15) is 0 Å². The number of benzene rings is 6. The largest absolute Gasteiger partial charge is 0.264 e. The van der Waals surface area contributed by atoms with Crippen molar-refractivity contribution in [1.29, 1.82) is 0 Å². The predicted octanol–water partition coefficient (Wildman–Crippen LogP) is 10.1. The molecule has 0 saturated carbocycles. The summed E-state index contributed by atoms with van der Waals surface area (Å²) in [5.41, 5.74) is 13.5. The number of hydrogen-bond acceptors (Lipinski definition) is 2. The molecule has 10 rings (SSSR count). The molecule has 0 atom stereocenters. The molecule has 2 nitrogen and oxygen atoms in total. The van der Waals surface area contributed by atoms with Crippen LogP contribution in [0, 0.1) is 0 Å². The number of nitrogens with zero attached hydrogens (tertiary/aromatic N) is 2. The van der Waals surface area contributed by atoms with Gasteiger partial charge >= 0.3 is 0 Å². The number of aromatic nitrogens is 2. The van der Waals surface area contributed by atoms with Gasteiger partial charge in [-0.15, -0.1) is 0 Å². The quantitative estimate of drug-likeness (QED) is 0.222. The summed E-state index contributed by atoms with van der Waals surface area (Å²) in [7, 11) is 0. The van der Waals surface area contributed by atoms with Gasteiger partial charge in [0.15, 0.2) is 0 Å². The second kappa shape index (κ2) is 7.19. The van der Waals surface area contributed by atoms with Crippen LogP contribution in [-0.2, 0) is 0 Å². The Hall–Kier alpha value is -5.34. The molecule has 0 radical (unpaired) electrons. The molecule has 0 amide bonds. The lowest BCUT2D eigenvalue weighted by atomic mass is 9.96. The number of hydrogen-bond donors (Lipinski definition) is 0. The molecule has 40 heavy (non-hydrogen) atoms. The molecule has 2 aliphatic carbocycles. The highest BCUT2D eigenvalue weighted by Gasteiger charge is 2.26. The fraction of sp³-hybridized carbons (Fsp3) is 0. The summed E-state index contributed by atoms with van der Waals surface area (Å²) in [4.78, 5) is 9.62. The highest BCUT2D eigenvalue weighted by molar-refractivity contribution is 6.20. The van der Waals surface area contributed by atoms with Crippen molar-refractivity contribution in [3.63, 3.8) is 0 Å². The fourth-order valence-corrected chi connectivity index (χ4v) is 7.15. The van der Waals surface area contributed by atoms with Crippen molar-refractivity contribution in [2.45, 2.75) is 0 Å². The van der Waals surface area contributed by atoms with Crippen LogP contribution in [0.4, 0.5) is 0 Å². The van der Waals surface area contributed by atoms with Crippen LogP contribution >= 0.6 is 0 Å². The average molecular weight is 505 g/mol. The molecule has 8 aromatic rings. The van der Waals surface area contributed by atoms with Crippen LogP contribution in [0.5, 0.6) is 0 Å². The van der Waals surface area contributed by atoms with E-state index >= 15 is 0 Å². The van der Waals surface area contributed by atoms with E-state index in [9.17, 15) is 0 Å². The van der Waals surface area contributed by atoms with Gasteiger partial charge in [0.1, 0.15) is 0 Å². The SMILES string of the molecule is c1ccc2cc3c(cc2c1)-c1cccc2nc(-c4cc5c6c(cccc6c4)-c4cc6cnccc6cc4-5)cc-3c12. The Bertz CT molecular complexity index is 2260. The zero-order valence-corrected chi connectivity index (χ0v) is 21.4. The normalized spacial score (nSPS) is 12.5. The molecule has 0 fully saturated rings. The number of rotatable bonds is 1. The van der Waals surface area contributed by atoms with Crippen molar-refractivity contribution in [2.24, 2.45) is 0 Å². The third kappa shape index (κ3) is 2.58. The van der Waals surface area contributed by atoms with E-state index in [1.54, 1.807) is 0 Å². The van der Waals surface area contributed by atoms with Crippen LogP contribution < -0.4 is 0 Å². The van der Waals surface area contributed by atoms with Crippen LogP contribution in [0.15, 0.2) is 122 Å². The molecule has 0 spiro atoms. The first-order valence-corrected chi connectivity index (χ1v) is 13.7. The fourth-order valence-electron chi connectivity index (χ4n) is 7.15. The smallest absolute Gasteiger partial charge is 0.0722 e. The van der Waals surface area contributed by atoms with Crippen LogP contribution in [-0.4, -0.2) is 9.97 Å². The lowest BCUT2D eigenvalue weighted by Gasteiger charge is -2.10. The zero-order chi connectivity index (χ0) is 25.9. The van der Waals surface area contributed by atoms with Gasteiger partial charge in [0.05, 0.1) is 11.2 Å². The average Bonchev–Trinajstić information content (AvgIpc) is 3.48. The summed E-state index contributed by atoms with van der Waals surface area (Å²) in [6, 6.07) is 40.2. The van der Waals surface area contributed by atoms with Crippen LogP contribution in [0.3, 0.4) is 0 Å². The summed E-state index contributed by atoms with van der Waals surface area (Å²) in [6.45, 7) is 0. The molecule has 0 bridgehead atoms. The minimum atomic E-state index is 1.02. The van der Waals surface area contributed by atoms with E-state index in [2.05, 4.69) is 114 Å². The van der Waals surface area contributed by atoms with E-state index in [1.807, 2.05) is 12.4 Å². The third-order valence-corrected chi connectivity index (χ3v) is 8.93. The molecule has 6 aromatic carbocycles. The van der Waals surface area contributed by atoms with E-state index in [0.29, 0.717) is 0 Å². The number of pyridine rings is 2. The van der Waals surface area contributed by atoms with Gasteiger partial charge in [-0.05, 0) is 126 Å². The van der Waals surface area contributed by atoms with Gasteiger partial charge in [0.25, 0.3) is 0 Å². The van der Waals surface area contributed by atoms with E-state index in [1.165, 1.54) is 82.2 Å². The number of fused-ring (bicyclic) bond motifs is 8. The van der Waals surface area contributed by atoms with Crippen molar-refractivity contribution >= 4 is 43.2 Å². The first-order chi connectivity index (χ1) is 19.8. The standard InChI is InChI=1S/C38H20N2/c1-2-6-22-15-32-29(14-21(22)5-1)28-9-4-10-35-38(28)34(32)19-36(40-35)25-13-24-7-3-8-27-30-18-26-20-39-12-11-23(26)16-31(30)33(17-25)37(24)27/h1-20H. The summed E-state index contributed by atoms with van der Waals surface area (Å²) < 4.78 is 0. The molecule has 2 heterocycles. The van der Waals surface area contributed by atoms with Gasteiger partial charge in [0.2, 0.25) is 0 Å². The zero-order valence-electron chi connectivity index (χ0n) is 21.4. The third-order valence-electron chi connectivity index (χ3n) is 8.93. The minimum absolute atomic E-state index is 1.02. The molecule has 0 N–H and O–H groups in total. The first-order valence-electron chi connectivity index (χ1n) is 13.7. The minimum Gasteiger partial charge on any atom is -0.264 e. The van der Waals surface area contributed by atoms with Crippen LogP contribution in [0.25, 0.3) is 99.0 Å². The van der Waals surface area contributed by atoms with Gasteiger partial charge < -0.3 is 0 Å². The summed E-state index contributed by atoms with van der Waals surface area (Å²) in [6.07, 6.45) is 3.83. The molecule has 2 heteroatoms. The topological polar surface area (TPSA) is 25.8 Å². The molecule has 0 saturated heterocycles. The summed E-state index contributed by atoms with van der Waals surface area (Å²) in [5, 5.41) is 8.77. The van der Waals surface area contributed by atoms with E-state index in [-0.39, 0.29) is 0 Å². The second-order valence-corrected chi connectivity index (χ2v) is 11.0. The van der Waals surface area contributed by atoms with Crippen molar-refractivity contribution < 1.29 is 0 Å². The van der Waals surface area contributed by atoms with E-state index in [4.69, 9.17) is 4.98 Å². The Labute approximate surface area is 230 Å². The van der Waals surface area contributed by atoms with Gasteiger partial charge in [-0.25, -0.2) is 4.98 Å². The van der Waals surface area contributed by atoms with Crippen molar-refractivity contribution in [1.82, 2.24) is 9.97 Å². The van der Waals surface area contributed by atoms with Crippen molar-refractivity contribution in [3.05, 3.63) is 122 Å². The van der Waals surface area contributed by atoms with Gasteiger partial charge in [-0.3, -0.25) is 4.98 Å². The molecule has 2 aliphatic rings. The Balaban J connectivity index is 1.25. The molecule has 0 aliphatic heterocycles. The summed E-state index contributed by atoms with van der Waals surface area (Å²) in [5.74, 6) is 0. The van der Waals surface area contributed by atoms with E-state index in [0.717, 1.165) is 16.8 Å². The van der Waals surface area contributed by atoms with Gasteiger partial charge in [0, 0.05) is 28.7 Å². The second-order valence-electron chi connectivity index (χ2n) is 11.0. The van der Waals surface area contributed by atoms with E-state index < -0.39 is 0 Å². The monoisotopic (exact) mass is 504 g/mol. The Kier molecular flexibility index (Phi) is 3.70. The molecular formula is C38H20N2. The maximum absolute atomic E-state index is 5.26.